The van der Waals surface area contributed by atoms with Gasteiger partial charge in [-0.05, 0) is 31.7 Å². The minimum Gasteiger partial charge on any atom is -0.488 e. The lowest BCUT2D eigenvalue weighted by atomic mass is 9.92. The molecule has 2 fully saturated rings. The molecule has 186 valence electrons. The highest BCUT2D eigenvalue weighted by Crippen LogP contribution is 2.33. The van der Waals surface area contributed by atoms with Crippen molar-refractivity contribution < 1.29 is 27.4 Å². The molecule has 2 aliphatic rings. The number of hydrogen-bond donors (Lipinski definition) is 2. The molecule has 0 atom stereocenters. The molecule has 3 aromatic rings. The fourth-order valence-electron chi connectivity index (χ4n) is 4.47. The number of carbonyl (C=O) groups excluding carboxylic acids is 1. The van der Waals surface area contributed by atoms with Gasteiger partial charge in [-0.15, -0.1) is 0 Å². The molecule has 1 saturated heterocycles. The number of alkyl halides is 3. The topological polar surface area (TPSA) is 105 Å². The van der Waals surface area contributed by atoms with Gasteiger partial charge in [-0.2, -0.15) is 18.3 Å². The Balaban J connectivity index is 1.22. The Morgan fingerprint density at radius 1 is 1.09 bits per heavy atom. The van der Waals surface area contributed by atoms with Gasteiger partial charge in [0, 0.05) is 49.3 Å². The maximum atomic E-state index is 12.7. The Hall–Kier alpha value is -3.41. The number of fused-ring (bicyclic) bond motifs is 1. The van der Waals surface area contributed by atoms with Crippen LogP contribution in [0.15, 0.2) is 30.6 Å². The van der Waals surface area contributed by atoms with Crippen molar-refractivity contribution in [1.82, 2.24) is 25.5 Å². The first-order valence-electron chi connectivity index (χ1n) is 11.5. The molecule has 2 aromatic heterocycles. The molecule has 1 aromatic carbocycles. The Bertz CT molecular complexity index is 1190. The van der Waals surface area contributed by atoms with Crippen molar-refractivity contribution in [3.05, 3.63) is 42.0 Å². The number of nitrogens with zero attached hydrogens (tertiary/aromatic N) is 4. The summed E-state index contributed by atoms with van der Waals surface area (Å²) in [6, 6.07) is 4.56. The van der Waals surface area contributed by atoms with E-state index >= 15 is 0 Å². The minimum absolute atomic E-state index is 0.0736. The summed E-state index contributed by atoms with van der Waals surface area (Å²) >= 11 is 0. The first kappa shape index (κ1) is 23.3. The average molecular weight is 490 g/mol. The lowest BCUT2D eigenvalue weighted by Crippen LogP contribution is -2.40. The van der Waals surface area contributed by atoms with Gasteiger partial charge in [0.05, 0.1) is 24.8 Å². The normalized spacial score (nSPS) is 21.2. The highest BCUT2D eigenvalue weighted by Gasteiger charge is 2.34. The number of halogens is 3. The summed E-state index contributed by atoms with van der Waals surface area (Å²) < 4.78 is 50.0. The van der Waals surface area contributed by atoms with Crippen molar-refractivity contribution in [2.24, 2.45) is 0 Å². The predicted molar refractivity (Wildman–Crippen MR) is 120 cm³/mol. The molecule has 1 aliphatic heterocycles. The molecule has 12 heteroatoms. The predicted octanol–water partition coefficient (Wildman–Crippen LogP) is 3.33. The maximum absolute atomic E-state index is 12.7. The Labute approximate surface area is 199 Å². The molecular formula is C23H25F3N6O3. The number of benzene rings is 1. The van der Waals surface area contributed by atoms with E-state index in [0.717, 1.165) is 30.4 Å². The second kappa shape index (κ2) is 9.68. The summed E-state index contributed by atoms with van der Waals surface area (Å²) in [5.74, 6) is 0.0429. The number of aromatic amines is 1. The molecule has 5 rings (SSSR count). The van der Waals surface area contributed by atoms with E-state index in [4.69, 9.17) is 9.47 Å². The number of morpholine rings is 1. The van der Waals surface area contributed by atoms with Crippen LogP contribution in [-0.2, 0) is 10.9 Å². The summed E-state index contributed by atoms with van der Waals surface area (Å²) in [7, 11) is 0. The van der Waals surface area contributed by atoms with Gasteiger partial charge in [-0.1, -0.05) is 0 Å². The minimum atomic E-state index is -4.57. The monoisotopic (exact) mass is 490 g/mol. The third-order valence-electron chi connectivity index (χ3n) is 6.32. The fourth-order valence-corrected chi connectivity index (χ4v) is 4.47. The van der Waals surface area contributed by atoms with E-state index in [9.17, 15) is 18.0 Å². The van der Waals surface area contributed by atoms with Gasteiger partial charge >= 0.3 is 6.18 Å². The Morgan fingerprint density at radius 3 is 2.54 bits per heavy atom. The zero-order valence-corrected chi connectivity index (χ0v) is 18.8. The number of hydrogen-bond acceptors (Lipinski definition) is 7. The smallest absolute Gasteiger partial charge is 0.432 e. The number of ether oxygens (including phenoxy) is 2. The quantitative estimate of drug-likeness (QED) is 0.565. The second-order valence-corrected chi connectivity index (χ2v) is 8.70. The third-order valence-corrected chi connectivity index (χ3v) is 6.32. The fraction of sp³-hybridized carbons (Fsp3) is 0.478. The van der Waals surface area contributed by atoms with E-state index in [-0.39, 0.29) is 17.8 Å². The lowest BCUT2D eigenvalue weighted by molar-refractivity contribution is -0.141. The van der Waals surface area contributed by atoms with Gasteiger partial charge in [0.25, 0.3) is 5.91 Å². The van der Waals surface area contributed by atoms with Gasteiger partial charge in [0.2, 0.25) is 0 Å². The van der Waals surface area contributed by atoms with Crippen LogP contribution in [0.3, 0.4) is 0 Å². The van der Waals surface area contributed by atoms with Crippen molar-refractivity contribution in [3.8, 4) is 5.75 Å². The zero-order valence-electron chi connectivity index (χ0n) is 18.8. The molecular weight excluding hydrogens is 465 g/mol. The van der Waals surface area contributed by atoms with Crippen molar-refractivity contribution in [2.45, 2.75) is 44.0 Å². The van der Waals surface area contributed by atoms with Crippen LogP contribution in [0, 0.1) is 0 Å². The summed E-state index contributed by atoms with van der Waals surface area (Å²) in [4.78, 5) is 23.5. The maximum Gasteiger partial charge on any atom is 0.432 e. The van der Waals surface area contributed by atoms with E-state index in [1.807, 2.05) is 17.2 Å². The van der Waals surface area contributed by atoms with Crippen LogP contribution in [-0.4, -0.2) is 64.5 Å². The number of rotatable bonds is 5. The summed E-state index contributed by atoms with van der Waals surface area (Å²) in [6.45, 7) is 2.91. The van der Waals surface area contributed by atoms with E-state index in [1.54, 1.807) is 12.4 Å². The van der Waals surface area contributed by atoms with E-state index in [0.29, 0.717) is 50.2 Å². The number of nitrogens with one attached hydrogen (secondary N) is 2. The van der Waals surface area contributed by atoms with Crippen LogP contribution in [0.4, 0.5) is 18.9 Å². The molecule has 0 spiro atoms. The van der Waals surface area contributed by atoms with Crippen LogP contribution >= 0.6 is 0 Å². The Morgan fingerprint density at radius 2 is 1.83 bits per heavy atom. The largest absolute Gasteiger partial charge is 0.488 e. The average Bonchev–Trinajstić information content (AvgIpc) is 3.37. The van der Waals surface area contributed by atoms with Crippen molar-refractivity contribution >= 4 is 22.6 Å². The standard InChI is InChI=1S/C23H25F3N6O3/c24-23(25,26)20-13-18(30-31-20)22(33)29-14-1-3-16(4-2-14)35-19-12-15(32-7-9-34-10-8-32)11-17-21(19)28-6-5-27-17/h5-6,11-14,16H,1-4,7-10H2,(H,29,33)(H,30,31). The highest BCUT2D eigenvalue weighted by molar-refractivity contribution is 5.92. The molecule has 1 saturated carbocycles. The number of carbonyl (C=O) groups is 1. The van der Waals surface area contributed by atoms with E-state index in [1.165, 1.54) is 0 Å². The van der Waals surface area contributed by atoms with Crippen molar-refractivity contribution in [2.75, 3.05) is 31.2 Å². The van der Waals surface area contributed by atoms with Crippen molar-refractivity contribution in [3.63, 3.8) is 0 Å². The number of amides is 1. The molecule has 1 aliphatic carbocycles. The Kier molecular flexibility index (Phi) is 6.46. The summed E-state index contributed by atoms with van der Waals surface area (Å²) in [5.41, 5.74) is 1.13. The molecule has 9 nitrogen and oxygen atoms in total. The highest BCUT2D eigenvalue weighted by atomic mass is 19.4. The van der Waals surface area contributed by atoms with Crippen molar-refractivity contribution in [1.29, 1.82) is 0 Å². The van der Waals surface area contributed by atoms with Gasteiger partial charge in [-0.3, -0.25) is 14.9 Å². The molecule has 0 unspecified atom stereocenters. The number of aromatic nitrogens is 4. The van der Waals surface area contributed by atoms with E-state index in [2.05, 4.69) is 25.3 Å². The van der Waals surface area contributed by atoms with Crippen LogP contribution < -0.4 is 15.0 Å². The summed E-state index contributed by atoms with van der Waals surface area (Å²) in [6.07, 6.45) is 1.28. The van der Waals surface area contributed by atoms with Gasteiger partial charge in [0.1, 0.15) is 17.0 Å². The SMILES string of the molecule is O=C(NC1CCC(Oc2cc(N3CCOCC3)cc3nccnc23)CC1)c1cc(C(F)(F)F)[nH]n1. The third kappa shape index (κ3) is 5.31. The number of anilines is 1. The molecule has 2 N–H and O–H groups in total. The van der Waals surface area contributed by atoms with Crippen LogP contribution in [0.2, 0.25) is 0 Å². The van der Waals surface area contributed by atoms with Crippen LogP contribution in [0.5, 0.6) is 5.75 Å². The van der Waals surface area contributed by atoms with Crippen LogP contribution in [0.25, 0.3) is 11.0 Å². The van der Waals surface area contributed by atoms with Crippen LogP contribution in [0.1, 0.15) is 41.9 Å². The second-order valence-electron chi connectivity index (χ2n) is 8.70. The molecule has 1 amide bonds. The first-order chi connectivity index (χ1) is 16.9. The summed E-state index contributed by atoms with van der Waals surface area (Å²) in [5, 5.41) is 8.13. The lowest BCUT2D eigenvalue weighted by Gasteiger charge is -2.31. The molecule has 0 radical (unpaired) electrons. The first-order valence-corrected chi connectivity index (χ1v) is 11.5. The molecule has 3 heterocycles. The van der Waals surface area contributed by atoms with E-state index < -0.39 is 17.8 Å². The van der Waals surface area contributed by atoms with Gasteiger partial charge in [-0.25, -0.2) is 4.98 Å². The molecule has 0 bridgehead atoms. The molecule has 35 heavy (non-hydrogen) atoms. The zero-order chi connectivity index (χ0) is 24.4. The number of H-pyrrole nitrogens is 1. The van der Waals surface area contributed by atoms with Gasteiger partial charge in [0.15, 0.2) is 5.69 Å². The van der Waals surface area contributed by atoms with Gasteiger partial charge < -0.3 is 19.7 Å².